The molecular weight excluding hydrogens is 344 g/mol. The van der Waals surface area contributed by atoms with Crippen molar-refractivity contribution in [3.63, 3.8) is 0 Å². The van der Waals surface area contributed by atoms with Crippen LogP contribution in [0.3, 0.4) is 0 Å². The first-order valence-electron chi connectivity index (χ1n) is 8.63. The van der Waals surface area contributed by atoms with E-state index in [1.54, 1.807) is 18.3 Å². The molecule has 1 aliphatic rings. The summed E-state index contributed by atoms with van der Waals surface area (Å²) < 4.78 is 28.0. The SMILES string of the molecule is N#Cc1ccc(-c2ccc(C3CCC(c4c(F)cccc4F)=N3)cc2)nc1. The van der Waals surface area contributed by atoms with Gasteiger partial charge in [0.05, 0.1) is 22.9 Å². The number of aliphatic imine (C=N–C) groups is 1. The van der Waals surface area contributed by atoms with Gasteiger partial charge in [-0.1, -0.05) is 30.3 Å². The summed E-state index contributed by atoms with van der Waals surface area (Å²) in [4.78, 5) is 8.84. The molecule has 132 valence electrons. The molecule has 3 aromatic rings. The van der Waals surface area contributed by atoms with E-state index < -0.39 is 11.6 Å². The second-order valence-corrected chi connectivity index (χ2v) is 6.39. The van der Waals surface area contributed by atoms with Crippen molar-refractivity contribution in [2.24, 2.45) is 4.99 Å². The molecule has 0 radical (unpaired) electrons. The van der Waals surface area contributed by atoms with Gasteiger partial charge >= 0.3 is 0 Å². The van der Waals surface area contributed by atoms with E-state index in [0.717, 1.165) is 23.2 Å². The molecule has 0 aliphatic carbocycles. The Labute approximate surface area is 155 Å². The van der Waals surface area contributed by atoms with E-state index in [1.165, 1.54) is 18.2 Å². The van der Waals surface area contributed by atoms with Crippen LogP contribution in [0.5, 0.6) is 0 Å². The first kappa shape index (κ1) is 17.0. The van der Waals surface area contributed by atoms with Crippen LogP contribution in [0.4, 0.5) is 8.78 Å². The fourth-order valence-corrected chi connectivity index (χ4v) is 3.30. The van der Waals surface area contributed by atoms with Gasteiger partial charge in [0.2, 0.25) is 0 Å². The maximum absolute atomic E-state index is 14.0. The zero-order valence-corrected chi connectivity index (χ0v) is 14.4. The van der Waals surface area contributed by atoms with E-state index in [-0.39, 0.29) is 11.6 Å². The molecule has 2 aromatic carbocycles. The Morgan fingerprint density at radius 2 is 1.70 bits per heavy atom. The topological polar surface area (TPSA) is 49.0 Å². The summed E-state index contributed by atoms with van der Waals surface area (Å²) in [5.41, 5.74) is 3.70. The molecule has 5 heteroatoms. The highest BCUT2D eigenvalue weighted by Gasteiger charge is 2.24. The van der Waals surface area contributed by atoms with Crippen molar-refractivity contribution in [1.29, 1.82) is 5.26 Å². The highest BCUT2D eigenvalue weighted by Crippen LogP contribution is 2.33. The van der Waals surface area contributed by atoms with Crippen LogP contribution in [0.25, 0.3) is 11.3 Å². The Morgan fingerprint density at radius 3 is 2.33 bits per heavy atom. The maximum atomic E-state index is 14.0. The molecule has 0 N–H and O–H groups in total. The minimum Gasteiger partial charge on any atom is -0.281 e. The predicted octanol–water partition coefficient (Wildman–Crippen LogP) is 5.22. The predicted molar refractivity (Wildman–Crippen MR) is 99.3 cm³/mol. The number of rotatable bonds is 3. The van der Waals surface area contributed by atoms with Gasteiger partial charge in [-0.2, -0.15) is 5.26 Å². The van der Waals surface area contributed by atoms with Gasteiger partial charge in [0.1, 0.15) is 17.7 Å². The lowest BCUT2D eigenvalue weighted by molar-refractivity contribution is 0.578. The molecule has 0 fully saturated rings. The van der Waals surface area contributed by atoms with Gasteiger partial charge in [-0.3, -0.25) is 9.98 Å². The first-order valence-corrected chi connectivity index (χ1v) is 8.63. The zero-order chi connectivity index (χ0) is 18.8. The minimum absolute atomic E-state index is 0.0154. The molecule has 1 aliphatic heterocycles. The summed E-state index contributed by atoms with van der Waals surface area (Å²) >= 11 is 0. The van der Waals surface area contributed by atoms with Crippen LogP contribution in [0.1, 0.15) is 35.6 Å². The van der Waals surface area contributed by atoms with E-state index in [9.17, 15) is 8.78 Å². The molecule has 3 nitrogen and oxygen atoms in total. The second kappa shape index (κ2) is 7.08. The van der Waals surface area contributed by atoms with Gasteiger partial charge in [-0.05, 0) is 42.7 Å². The number of pyridine rings is 1. The fourth-order valence-electron chi connectivity index (χ4n) is 3.30. The van der Waals surface area contributed by atoms with Crippen molar-refractivity contribution in [2.45, 2.75) is 18.9 Å². The molecular formula is C22H15F2N3. The number of halogens is 2. The first-order chi connectivity index (χ1) is 13.2. The van der Waals surface area contributed by atoms with Crippen molar-refractivity contribution in [2.75, 3.05) is 0 Å². The molecule has 1 atom stereocenters. The molecule has 0 saturated heterocycles. The van der Waals surface area contributed by atoms with Crippen molar-refractivity contribution < 1.29 is 8.78 Å². The van der Waals surface area contributed by atoms with Crippen LogP contribution < -0.4 is 0 Å². The summed E-state index contributed by atoms with van der Waals surface area (Å²) in [6.45, 7) is 0. The molecule has 2 heterocycles. The largest absolute Gasteiger partial charge is 0.281 e. The average molecular weight is 359 g/mol. The van der Waals surface area contributed by atoms with Crippen LogP contribution >= 0.6 is 0 Å². The van der Waals surface area contributed by atoms with E-state index in [0.29, 0.717) is 17.7 Å². The van der Waals surface area contributed by atoms with Gasteiger partial charge in [0.15, 0.2) is 0 Å². The molecule has 27 heavy (non-hydrogen) atoms. The van der Waals surface area contributed by atoms with Crippen LogP contribution in [-0.2, 0) is 0 Å². The van der Waals surface area contributed by atoms with Gasteiger partial charge in [0.25, 0.3) is 0 Å². The Hall–Kier alpha value is -3.39. The molecule has 0 bridgehead atoms. The Morgan fingerprint density at radius 1 is 0.963 bits per heavy atom. The number of hydrogen-bond acceptors (Lipinski definition) is 3. The number of nitriles is 1. The fraction of sp³-hybridized carbons (Fsp3) is 0.136. The van der Waals surface area contributed by atoms with Crippen LogP contribution in [0.15, 0.2) is 65.8 Å². The van der Waals surface area contributed by atoms with Crippen LogP contribution in [-0.4, -0.2) is 10.7 Å². The quantitative estimate of drug-likeness (QED) is 0.643. The zero-order valence-electron chi connectivity index (χ0n) is 14.4. The monoisotopic (exact) mass is 359 g/mol. The minimum atomic E-state index is -0.573. The van der Waals surface area contributed by atoms with Crippen LogP contribution in [0.2, 0.25) is 0 Å². The van der Waals surface area contributed by atoms with E-state index >= 15 is 0 Å². The second-order valence-electron chi connectivity index (χ2n) is 6.39. The van der Waals surface area contributed by atoms with Crippen molar-refractivity contribution >= 4 is 5.71 Å². The molecule has 1 aromatic heterocycles. The Balaban J connectivity index is 1.58. The normalized spacial score (nSPS) is 16.0. The van der Waals surface area contributed by atoms with Gasteiger partial charge in [0, 0.05) is 17.5 Å². The standard InChI is InChI=1S/C22H15F2N3/c23-17-2-1-3-18(24)22(17)21-11-10-20(27-21)16-7-5-15(6-8-16)19-9-4-14(12-25)13-26-19/h1-9,13,20H,10-11H2. The summed E-state index contributed by atoms with van der Waals surface area (Å²) in [5.74, 6) is -1.15. The lowest BCUT2D eigenvalue weighted by atomic mass is 10.0. The van der Waals surface area contributed by atoms with Gasteiger partial charge < -0.3 is 0 Å². The molecule has 4 rings (SSSR count). The lowest BCUT2D eigenvalue weighted by Gasteiger charge is -2.08. The third-order valence-corrected chi connectivity index (χ3v) is 4.70. The maximum Gasteiger partial charge on any atom is 0.135 e. The summed E-state index contributed by atoms with van der Waals surface area (Å²) in [6.07, 6.45) is 2.80. The van der Waals surface area contributed by atoms with Crippen LogP contribution in [0, 0.1) is 23.0 Å². The Kier molecular flexibility index (Phi) is 4.47. The van der Waals surface area contributed by atoms with Crippen molar-refractivity contribution in [3.8, 4) is 17.3 Å². The van der Waals surface area contributed by atoms with Crippen molar-refractivity contribution in [1.82, 2.24) is 4.98 Å². The third kappa shape index (κ3) is 3.34. The van der Waals surface area contributed by atoms with E-state index in [4.69, 9.17) is 5.26 Å². The van der Waals surface area contributed by atoms with Gasteiger partial charge in [-0.25, -0.2) is 8.78 Å². The molecule has 0 amide bonds. The van der Waals surface area contributed by atoms with Gasteiger partial charge in [-0.15, -0.1) is 0 Å². The van der Waals surface area contributed by atoms with E-state index in [1.807, 2.05) is 30.3 Å². The highest BCUT2D eigenvalue weighted by molar-refractivity contribution is 6.02. The molecule has 0 spiro atoms. The average Bonchev–Trinajstić information content (AvgIpc) is 3.18. The number of hydrogen-bond donors (Lipinski definition) is 0. The summed E-state index contributed by atoms with van der Waals surface area (Å²) in [7, 11) is 0. The molecule has 0 saturated carbocycles. The Bertz CT molecular complexity index is 1030. The third-order valence-electron chi connectivity index (χ3n) is 4.70. The summed E-state index contributed by atoms with van der Waals surface area (Å²) in [6, 6.07) is 17.2. The smallest absolute Gasteiger partial charge is 0.135 e. The van der Waals surface area contributed by atoms with E-state index in [2.05, 4.69) is 9.98 Å². The number of aromatic nitrogens is 1. The number of benzene rings is 2. The highest BCUT2D eigenvalue weighted by atomic mass is 19.1. The number of nitrogens with zero attached hydrogens (tertiary/aromatic N) is 3. The lowest BCUT2D eigenvalue weighted by Crippen LogP contribution is -2.03. The molecule has 1 unspecified atom stereocenters. The van der Waals surface area contributed by atoms with Crippen molar-refractivity contribution in [3.05, 3.63) is 89.1 Å². The summed E-state index contributed by atoms with van der Waals surface area (Å²) in [5, 5.41) is 8.85.